The molecule has 0 amide bonds. The van der Waals surface area contributed by atoms with Crippen LogP contribution in [-0.2, 0) is 13.6 Å². The van der Waals surface area contributed by atoms with Gasteiger partial charge in [0.05, 0.1) is 15.9 Å². The molecule has 5 heteroatoms. The number of hydrogen-bond donors (Lipinski definition) is 1. The summed E-state index contributed by atoms with van der Waals surface area (Å²) in [6.45, 7) is 2.94. The SMILES string of the molecule is CSC1CCCCC1NCc1c(Br)c(C)nn1C. The maximum Gasteiger partial charge on any atom is 0.0739 e. The summed E-state index contributed by atoms with van der Waals surface area (Å²) >= 11 is 5.64. The first kappa shape index (κ1) is 14.4. The first-order chi connectivity index (χ1) is 8.63. The minimum atomic E-state index is 0.649. The van der Waals surface area contributed by atoms with Gasteiger partial charge in [-0.1, -0.05) is 12.8 Å². The molecule has 3 nitrogen and oxygen atoms in total. The van der Waals surface area contributed by atoms with Crippen LogP contribution >= 0.6 is 27.7 Å². The summed E-state index contributed by atoms with van der Waals surface area (Å²) in [6, 6.07) is 0.649. The number of nitrogens with zero attached hydrogens (tertiary/aromatic N) is 2. The number of aryl methyl sites for hydroxylation is 2. The van der Waals surface area contributed by atoms with Crippen molar-refractivity contribution in [2.75, 3.05) is 6.26 Å². The number of nitrogens with one attached hydrogen (secondary N) is 1. The van der Waals surface area contributed by atoms with Gasteiger partial charge in [-0.2, -0.15) is 16.9 Å². The molecule has 0 saturated heterocycles. The molecule has 0 spiro atoms. The van der Waals surface area contributed by atoms with Gasteiger partial charge in [-0.25, -0.2) is 0 Å². The molecular weight excluding hydrogens is 310 g/mol. The van der Waals surface area contributed by atoms with Crippen molar-refractivity contribution in [2.24, 2.45) is 7.05 Å². The highest BCUT2D eigenvalue weighted by Gasteiger charge is 2.24. The molecule has 1 heterocycles. The quantitative estimate of drug-likeness (QED) is 0.918. The molecule has 1 aliphatic rings. The van der Waals surface area contributed by atoms with Crippen LogP contribution in [0.2, 0.25) is 0 Å². The number of halogens is 1. The minimum Gasteiger partial charge on any atom is -0.307 e. The molecule has 0 aliphatic heterocycles. The first-order valence-electron chi connectivity index (χ1n) is 6.57. The van der Waals surface area contributed by atoms with Crippen LogP contribution < -0.4 is 5.32 Å². The summed E-state index contributed by atoms with van der Waals surface area (Å²) in [5.74, 6) is 0. The molecular formula is C13H22BrN3S. The smallest absolute Gasteiger partial charge is 0.0739 e. The second-order valence-electron chi connectivity index (χ2n) is 5.02. The Balaban J connectivity index is 1.98. The van der Waals surface area contributed by atoms with Crippen molar-refractivity contribution in [2.45, 2.75) is 50.4 Å². The van der Waals surface area contributed by atoms with Gasteiger partial charge in [0.1, 0.15) is 0 Å². The van der Waals surface area contributed by atoms with E-state index in [-0.39, 0.29) is 0 Å². The summed E-state index contributed by atoms with van der Waals surface area (Å²) in [5.41, 5.74) is 2.32. The van der Waals surface area contributed by atoms with E-state index in [4.69, 9.17) is 0 Å². The molecule has 102 valence electrons. The van der Waals surface area contributed by atoms with E-state index in [9.17, 15) is 0 Å². The van der Waals surface area contributed by atoms with Crippen LogP contribution in [0.4, 0.5) is 0 Å². The van der Waals surface area contributed by atoms with Gasteiger partial charge in [0.15, 0.2) is 0 Å². The zero-order chi connectivity index (χ0) is 13.1. The van der Waals surface area contributed by atoms with Crippen LogP contribution in [0.15, 0.2) is 4.47 Å². The molecule has 2 unspecified atom stereocenters. The molecule has 2 atom stereocenters. The van der Waals surface area contributed by atoms with E-state index in [1.165, 1.54) is 31.4 Å². The average Bonchev–Trinajstić information content (AvgIpc) is 2.62. The van der Waals surface area contributed by atoms with Crippen molar-refractivity contribution in [3.8, 4) is 0 Å². The minimum absolute atomic E-state index is 0.649. The molecule has 1 saturated carbocycles. The average molecular weight is 332 g/mol. The van der Waals surface area contributed by atoms with Crippen molar-refractivity contribution < 1.29 is 0 Å². The lowest BCUT2D eigenvalue weighted by atomic mass is 9.95. The zero-order valence-electron chi connectivity index (χ0n) is 11.4. The molecule has 1 N–H and O–H groups in total. The van der Waals surface area contributed by atoms with Gasteiger partial charge >= 0.3 is 0 Å². The summed E-state index contributed by atoms with van der Waals surface area (Å²) in [6.07, 6.45) is 7.64. The molecule has 1 fully saturated rings. The third-order valence-electron chi connectivity index (χ3n) is 3.80. The van der Waals surface area contributed by atoms with Gasteiger partial charge in [0.25, 0.3) is 0 Å². The van der Waals surface area contributed by atoms with E-state index >= 15 is 0 Å². The van der Waals surface area contributed by atoms with E-state index in [0.717, 1.165) is 22.0 Å². The monoisotopic (exact) mass is 331 g/mol. The fraction of sp³-hybridized carbons (Fsp3) is 0.769. The normalized spacial score (nSPS) is 24.4. The van der Waals surface area contributed by atoms with Crippen LogP contribution in [0.3, 0.4) is 0 Å². The summed E-state index contributed by atoms with van der Waals surface area (Å²) in [7, 11) is 2.02. The Kier molecular flexibility index (Phi) is 5.15. The topological polar surface area (TPSA) is 29.9 Å². The van der Waals surface area contributed by atoms with Crippen LogP contribution in [0, 0.1) is 6.92 Å². The number of rotatable bonds is 4. The molecule has 1 aromatic rings. The van der Waals surface area contributed by atoms with Crippen molar-refractivity contribution >= 4 is 27.7 Å². The standard InChI is InChI=1S/C13H22BrN3S/c1-9-13(14)11(17(2)16-9)8-15-10-6-4-5-7-12(10)18-3/h10,12,15H,4-8H2,1-3H3. The molecule has 18 heavy (non-hydrogen) atoms. The number of hydrogen-bond acceptors (Lipinski definition) is 3. The Morgan fingerprint density at radius 2 is 2.17 bits per heavy atom. The van der Waals surface area contributed by atoms with E-state index in [2.05, 4.69) is 32.6 Å². The maximum atomic E-state index is 4.44. The van der Waals surface area contributed by atoms with Gasteiger partial charge in [-0.05, 0) is 42.0 Å². The van der Waals surface area contributed by atoms with Gasteiger partial charge in [0.2, 0.25) is 0 Å². The lowest BCUT2D eigenvalue weighted by Gasteiger charge is -2.31. The number of aromatic nitrogens is 2. The third-order valence-corrected chi connectivity index (χ3v) is 6.00. The third kappa shape index (κ3) is 3.11. The lowest BCUT2D eigenvalue weighted by molar-refractivity contribution is 0.379. The highest BCUT2D eigenvalue weighted by molar-refractivity contribution is 9.10. The van der Waals surface area contributed by atoms with E-state index < -0.39 is 0 Å². The predicted octanol–water partition coefficient (Wildman–Crippen LogP) is 3.25. The highest BCUT2D eigenvalue weighted by atomic mass is 79.9. The van der Waals surface area contributed by atoms with E-state index in [1.807, 2.05) is 30.4 Å². The van der Waals surface area contributed by atoms with Crippen LogP contribution in [0.1, 0.15) is 37.1 Å². The summed E-state index contributed by atoms with van der Waals surface area (Å²) in [4.78, 5) is 0. The summed E-state index contributed by atoms with van der Waals surface area (Å²) < 4.78 is 3.12. The van der Waals surface area contributed by atoms with Gasteiger partial charge < -0.3 is 5.32 Å². The second kappa shape index (κ2) is 6.44. The first-order valence-corrected chi connectivity index (χ1v) is 8.65. The fourth-order valence-corrected chi connectivity index (χ4v) is 4.15. The van der Waals surface area contributed by atoms with Crippen molar-refractivity contribution in [3.63, 3.8) is 0 Å². The van der Waals surface area contributed by atoms with E-state index in [0.29, 0.717) is 6.04 Å². The Bertz CT molecular complexity index is 405. The predicted molar refractivity (Wildman–Crippen MR) is 82.0 cm³/mol. The van der Waals surface area contributed by atoms with Crippen LogP contribution in [0.5, 0.6) is 0 Å². The van der Waals surface area contributed by atoms with Gasteiger partial charge in [-0.15, -0.1) is 0 Å². The molecule has 0 bridgehead atoms. The molecule has 2 rings (SSSR count). The second-order valence-corrected chi connectivity index (χ2v) is 6.89. The fourth-order valence-electron chi connectivity index (χ4n) is 2.71. The Hall–Kier alpha value is 0. The molecule has 0 aromatic carbocycles. The van der Waals surface area contributed by atoms with Gasteiger partial charge in [0, 0.05) is 24.9 Å². The van der Waals surface area contributed by atoms with Crippen molar-refractivity contribution in [1.82, 2.24) is 15.1 Å². The highest BCUT2D eigenvalue weighted by Crippen LogP contribution is 2.28. The largest absolute Gasteiger partial charge is 0.307 e. The van der Waals surface area contributed by atoms with E-state index in [1.54, 1.807) is 0 Å². The molecule has 0 radical (unpaired) electrons. The lowest BCUT2D eigenvalue weighted by Crippen LogP contribution is -2.40. The molecule has 1 aliphatic carbocycles. The van der Waals surface area contributed by atoms with Crippen molar-refractivity contribution in [1.29, 1.82) is 0 Å². The maximum absolute atomic E-state index is 4.44. The number of thioether (sulfide) groups is 1. The van der Waals surface area contributed by atoms with Crippen molar-refractivity contribution in [3.05, 3.63) is 15.9 Å². The molecule has 1 aromatic heterocycles. The van der Waals surface area contributed by atoms with Crippen LogP contribution in [0.25, 0.3) is 0 Å². The van der Waals surface area contributed by atoms with Gasteiger partial charge in [-0.3, -0.25) is 4.68 Å². The Morgan fingerprint density at radius 3 is 2.78 bits per heavy atom. The van der Waals surface area contributed by atoms with Crippen LogP contribution in [-0.4, -0.2) is 27.3 Å². The summed E-state index contributed by atoms with van der Waals surface area (Å²) in [5, 5.41) is 8.93. The zero-order valence-corrected chi connectivity index (χ0v) is 13.8. The Labute approximate surface area is 122 Å². The Morgan fingerprint density at radius 1 is 1.44 bits per heavy atom.